The second-order valence-corrected chi connectivity index (χ2v) is 9.70. The lowest BCUT2D eigenvalue weighted by Gasteiger charge is -2.31. The molecule has 71 valence electrons. The smallest absolute Gasteiger partial charge is 0.0396 e. The summed E-state index contributed by atoms with van der Waals surface area (Å²) in [5.74, 6) is 0. The minimum Gasteiger partial charge on any atom is -0.179 e. The second-order valence-electron chi connectivity index (χ2n) is 4.94. The number of aryl methyl sites for hydroxylation is 2. The highest BCUT2D eigenvalue weighted by atomic mass is 28.3. The fraction of sp³-hybridized carbons (Fsp3) is 0.500. The highest BCUT2D eigenvalue weighted by molar-refractivity contribution is 6.91. The summed E-state index contributed by atoms with van der Waals surface area (Å²) in [5, 5.41) is 1.76. The maximum Gasteiger partial charge on any atom is -0.0396 e. The molecule has 0 aromatic heterocycles. The predicted molar refractivity (Wildman–Crippen MR) is 61.5 cm³/mol. The first-order valence-electron chi connectivity index (χ1n) is 5.12. The van der Waals surface area contributed by atoms with Gasteiger partial charge in [-0.1, -0.05) is 35.2 Å². The fourth-order valence-electron chi connectivity index (χ4n) is 2.70. The zero-order chi connectivity index (χ0) is 9.64. The van der Waals surface area contributed by atoms with Crippen molar-refractivity contribution in [2.45, 2.75) is 39.4 Å². The third-order valence-corrected chi connectivity index (χ3v) is 6.98. The largest absolute Gasteiger partial charge is 0.179 e. The minimum absolute atomic E-state index is 1.04. The molecule has 2 rings (SSSR count). The maximum atomic E-state index is 2.51. The van der Waals surface area contributed by atoms with Crippen LogP contribution in [0.2, 0.25) is 19.1 Å². The quantitative estimate of drug-likeness (QED) is 0.552. The van der Waals surface area contributed by atoms with Crippen molar-refractivity contribution in [3.8, 4) is 0 Å². The van der Waals surface area contributed by atoms with Crippen molar-refractivity contribution in [1.82, 2.24) is 0 Å². The van der Waals surface area contributed by atoms with E-state index in [4.69, 9.17) is 0 Å². The monoisotopic (exact) mass is 190 g/mol. The third-order valence-electron chi connectivity index (χ3n) is 3.43. The summed E-state index contributed by atoms with van der Waals surface area (Å²) in [5.41, 5.74) is 4.73. The third kappa shape index (κ3) is 1.26. The Morgan fingerprint density at radius 1 is 1.08 bits per heavy atom. The van der Waals surface area contributed by atoms with Crippen molar-refractivity contribution in [2.24, 2.45) is 0 Å². The van der Waals surface area contributed by atoms with Gasteiger partial charge < -0.3 is 0 Å². The van der Waals surface area contributed by atoms with Crippen molar-refractivity contribution in [3.05, 3.63) is 28.8 Å². The second kappa shape index (κ2) is 2.71. The molecule has 0 saturated carbocycles. The Labute approximate surface area is 82.0 Å². The molecule has 0 amide bonds. The van der Waals surface area contributed by atoms with E-state index in [0.717, 1.165) is 0 Å². The van der Waals surface area contributed by atoms with Crippen LogP contribution in [0.4, 0.5) is 0 Å². The van der Waals surface area contributed by atoms with E-state index < -0.39 is 8.07 Å². The highest BCUT2D eigenvalue weighted by Crippen LogP contribution is 2.27. The minimum atomic E-state index is -1.04. The van der Waals surface area contributed by atoms with Crippen LogP contribution in [-0.2, 0) is 6.42 Å². The van der Waals surface area contributed by atoms with Crippen LogP contribution in [0.3, 0.4) is 0 Å². The van der Waals surface area contributed by atoms with E-state index in [-0.39, 0.29) is 0 Å². The van der Waals surface area contributed by atoms with E-state index in [9.17, 15) is 0 Å². The van der Waals surface area contributed by atoms with Crippen LogP contribution in [-0.4, -0.2) is 8.07 Å². The fourth-order valence-corrected chi connectivity index (χ4v) is 6.11. The Morgan fingerprint density at radius 2 is 1.69 bits per heavy atom. The molecule has 0 fully saturated rings. The topological polar surface area (TPSA) is 0 Å². The Balaban J connectivity index is 2.70. The number of hydrogen-bond donors (Lipinski definition) is 0. The number of hydrogen-bond acceptors (Lipinski definition) is 0. The Bertz CT molecular complexity index is 350. The van der Waals surface area contributed by atoms with Gasteiger partial charge in [0.05, 0.1) is 0 Å². The highest BCUT2D eigenvalue weighted by Gasteiger charge is 2.23. The number of rotatable bonds is 0. The molecule has 0 radical (unpaired) electrons. The van der Waals surface area contributed by atoms with Gasteiger partial charge >= 0.3 is 0 Å². The van der Waals surface area contributed by atoms with Crippen LogP contribution in [0.5, 0.6) is 0 Å². The van der Waals surface area contributed by atoms with Crippen molar-refractivity contribution in [2.75, 3.05) is 0 Å². The molecule has 0 saturated heterocycles. The van der Waals surface area contributed by atoms with Gasteiger partial charge in [-0.3, -0.25) is 0 Å². The van der Waals surface area contributed by atoms with Gasteiger partial charge in [-0.15, -0.1) is 14.1 Å². The normalized spacial score (nSPS) is 18.8. The standard InChI is InChI=1S/C12H18Si/c1-9-5-6-10(2)12-11(9)7-8-13(12,3)4/h5-6H,7-8H2,1-4H3/q-1. The molecule has 0 spiro atoms. The van der Waals surface area contributed by atoms with Crippen LogP contribution >= 0.6 is 0 Å². The molecule has 1 aromatic rings. The summed E-state index contributed by atoms with van der Waals surface area (Å²) >= 11 is 0. The van der Waals surface area contributed by atoms with Crippen LogP contribution in [0.15, 0.2) is 12.1 Å². The van der Waals surface area contributed by atoms with Crippen molar-refractivity contribution in [3.63, 3.8) is 0 Å². The summed E-state index contributed by atoms with van der Waals surface area (Å²) in [6.45, 7) is 9.54. The van der Waals surface area contributed by atoms with Crippen molar-refractivity contribution in [1.29, 1.82) is 0 Å². The van der Waals surface area contributed by atoms with Gasteiger partial charge in [0.2, 0.25) is 0 Å². The lowest BCUT2D eigenvalue weighted by Crippen LogP contribution is -2.39. The molecule has 13 heavy (non-hydrogen) atoms. The first-order valence-corrected chi connectivity index (χ1v) is 8.32. The van der Waals surface area contributed by atoms with Crippen LogP contribution in [0.1, 0.15) is 16.7 Å². The molecular weight excluding hydrogens is 172 g/mol. The Kier molecular flexibility index (Phi) is 1.88. The molecular formula is C12H18Si-. The molecule has 0 bridgehead atoms. The average molecular weight is 190 g/mol. The first kappa shape index (κ1) is 9.01. The summed E-state index contributed by atoms with van der Waals surface area (Å²) in [4.78, 5) is 0. The summed E-state index contributed by atoms with van der Waals surface area (Å²) in [7, 11) is -1.04. The van der Waals surface area contributed by atoms with Gasteiger partial charge in [0.1, 0.15) is 0 Å². The van der Waals surface area contributed by atoms with E-state index >= 15 is 0 Å². The number of benzene rings is 1. The van der Waals surface area contributed by atoms with E-state index in [1.165, 1.54) is 23.6 Å². The lowest BCUT2D eigenvalue weighted by molar-refractivity contribution is 1.13. The molecule has 1 heteroatoms. The van der Waals surface area contributed by atoms with Crippen molar-refractivity contribution < 1.29 is 0 Å². The molecule has 1 aliphatic heterocycles. The maximum absolute atomic E-state index is 2.51. The first-order chi connectivity index (χ1) is 6.02. The molecule has 0 unspecified atom stereocenters. The Morgan fingerprint density at radius 3 is 2.31 bits per heavy atom. The zero-order valence-electron chi connectivity index (χ0n) is 9.07. The molecule has 0 aliphatic carbocycles. The summed E-state index contributed by atoms with van der Waals surface area (Å²) in [6.07, 6.45) is 1.34. The van der Waals surface area contributed by atoms with Crippen LogP contribution in [0.25, 0.3) is 0 Å². The SMILES string of the molecule is Cc1ccc(C)c2c1CC[Si-]2(C)C. The average Bonchev–Trinajstić information content (AvgIpc) is 2.36. The summed E-state index contributed by atoms with van der Waals surface area (Å²) in [6, 6.07) is 6.03. The van der Waals surface area contributed by atoms with Gasteiger partial charge in [0, 0.05) is 0 Å². The number of fused-ring (bicyclic) bond motifs is 1. The predicted octanol–water partition coefficient (Wildman–Crippen LogP) is 2.77. The van der Waals surface area contributed by atoms with Gasteiger partial charge in [0.15, 0.2) is 0 Å². The van der Waals surface area contributed by atoms with Crippen molar-refractivity contribution >= 4 is 13.3 Å². The molecule has 0 nitrogen and oxygen atoms in total. The van der Waals surface area contributed by atoms with E-state index in [1.54, 1.807) is 10.8 Å². The molecule has 1 aliphatic rings. The molecule has 1 heterocycles. The molecule has 0 N–H and O–H groups in total. The molecule has 0 atom stereocenters. The van der Waals surface area contributed by atoms with Gasteiger partial charge in [0.25, 0.3) is 0 Å². The van der Waals surface area contributed by atoms with E-state index in [1.807, 2.05) is 0 Å². The van der Waals surface area contributed by atoms with Gasteiger partial charge in [-0.05, 0) is 13.8 Å². The van der Waals surface area contributed by atoms with Crippen LogP contribution in [0, 0.1) is 13.8 Å². The zero-order valence-corrected chi connectivity index (χ0v) is 10.1. The Hall–Kier alpha value is -0.563. The molecule has 1 aromatic carbocycles. The van der Waals surface area contributed by atoms with Gasteiger partial charge in [-0.2, -0.15) is 18.3 Å². The van der Waals surface area contributed by atoms with E-state index in [2.05, 4.69) is 39.1 Å². The van der Waals surface area contributed by atoms with Crippen LogP contribution < -0.4 is 5.19 Å². The summed E-state index contributed by atoms with van der Waals surface area (Å²) < 4.78 is 0. The lowest BCUT2D eigenvalue weighted by atomic mass is 10.0. The van der Waals surface area contributed by atoms with Gasteiger partial charge in [-0.25, -0.2) is 0 Å². The van der Waals surface area contributed by atoms with E-state index in [0.29, 0.717) is 0 Å².